The Kier molecular flexibility index (Phi) is 5.72. The van der Waals surface area contributed by atoms with Crippen molar-refractivity contribution in [2.45, 2.75) is 13.5 Å². The zero-order valence-electron chi connectivity index (χ0n) is 16.3. The number of aryl methyl sites for hydroxylation is 1. The third-order valence-corrected chi connectivity index (χ3v) is 4.48. The lowest BCUT2D eigenvalue weighted by Crippen LogP contribution is -2.28. The molecule has 0 radical (unpaired) electrons. The molecule has 0 saturated heterocycles. The van der Waals surface area contributed by atoms with Crippen LogP contribution in [-0.4, -0.2) is 42.4 Å². The van der Waals surface area contributed by atoms with Crippen LogP contribution in [0.25, 0.3) is 22.4 Å². The number of likely N-dealkylation sites (N-methyl/N-ethyl adjacent to an activating group) is 1. The van der Waals surface area contributed by atoms with Gasteiger partial charge in [-0.1, -0.05) is 42.0 Å². The molecule has 0 saturated carbocycles. The summed E-state index contributed by atoms with van der Waals surface area (Å²) < 4.78 is 6.79. The summed E-state index contributed by atoms with van der Waals surface area (Å²) in [7, 11) is 5.61. The van der Waals surface area contributed by atoms with Gasteiger partial charge in [0.1, 0.15) is 5.75 Å². The molecule has 0 atom stereocenters. The number of benzene rings is 2. The maximum atomic E-state index is 12.6. The molecule has 0 amide bonds. The molecular formula is C22H25N3O2. The van der Waals surface area contributed by atoms with Crippen LogP contribution >= 0.6 is 0 Å². The first-order chi connectivity index (χ1) is 13.0. The maximum Gasteiger partial charge on any atom is 0.267 e. The second-order valence-corrected chi connectivity index (χ2v) is 6.87. The SMILES string of the molecule is COc1ccc(-c2cc(=O)n(CCN(C)C)nc2-c2ccc(C)cc2)cc1. The molecule has 0 aliphatic carbocycles. The van der Waals surface area contributed by atoms with E-state index >= 15 is 0 Å². The van der Waals surface area contributed by atoms with E-state index < -0.39 is 0 Å². The minimum atomic E-state index is -0.0986. The molecule has 0 aliphatic heterocycles. The lowest BCUT2D eigenvalue weighted by molar-refractivity contribution is 0.368. The van der Waals surface area contributed by atoms with E-state index in [2.05, 4.69) is 19.1 Å². The topological polar surface area (TPSA) is 47.4 Å². The fourth-order valence-corrected chi connectivity index (χ4v) is 2.86. The van der Waals surface area contributed by atoms with Gasteiger partial charge in [0, 0.05) is 23.7 Å². The van der Waals surface area contributed by atoms with Gasteiger partial charge in [-0.05, 0) is 38.7 Å². The molecule has 1 heterocycles. The van der Waals surface area contributed by atoms with Gasteiger partial charge in [0.25, 0.3) is 5.56 Å². The quantitative estimate of drug-likeness (QED) is 0.673. The van der Waals surface area contributed by atoms with Crippen LogP contribution in [0.3, 0.4) is 0 Å². The van der Waals surface area contributed by atoms with Crippen molar-refractivity contribution >= 4 is 0 Å². The van der Waals surface area contributed by atoms with Gasteiger partial charge in [-0.2, -0.15) is 5.10 Å². The van der Waals surface area contributed by atoms with E-state index in [1.165, 1.54) is 5.56 Å². The van der Waals surface area contributed by atoms with Gasteiger partial charge in [0.05, 0.1) is 19.3 Å². The van der Waals surface area contributed by atoms with Gasteiger partial charge < -0.3 is 9.64 Å². The standard InChI is InChI=1S/C22H25N3O2/c1-16-5-7-18(8-6-16)22-20(17-9-11-19(27-4)12-10-17)15-21(26)25(23-22)14-13-24(2)3/h5-12,15H,13-14H2,1-4H3. The lowest BCUT2D eigenvalue weighted by Gasteiger charge is -2.15. The van der Waals surface area contributed by atoms with Crippen LogP contribution in [0.1, 0.15) is 5.56 Å². The molecule has 0 bridgehead atoms. The fourth-order valence-electron chi connectivity index (χ4n) is 2.86. The Morgan fingerprint density at radius 1 is 1.00 bits per heavy atom. The average molecular weight is 363 g/mol. The molecule has 0 fully saturated rings. The third-order valence-electron chi connectivity index (χ3n) is 4.48. The number of aromatic nitrogens is 2. The second kappa shape index (κ2) is 8.18. The van der Waals surface area contributed by atoms with Crippen LogP contribution in [0, 0.1) is 6.92 Å². The molecule has 3 rings (SSSR count). The Morgan fingerprint density at radius 3 is 2.22 bits per heavy atom. The second-order valence-electron chi connectivity index (χ2n) is 6.87. The third kappa shape index (κ3) is 4.44. The van der Waals surface area contributed by atoms with Gasteiger partial charge in [-0.15, -0.1) is 0 Å². The van der Waals surface area contributed by atoms with Crippen LogP contribution in [0.2, 0.25) is 0 Å². The van der Waals surface area contributed by atoms with Crippen molar-refractivity contribution in [1.82, 2.24) is 14.7 Å². The van der Waals surface area contributed by atoms with Crippen LogP contribution in [0.5, 0.6) is 5.75 Å². The summed E-state index contributed by atoms with van der Waals surface area (Å²) in [5, 5.41) is 4.71. The molecule has 3 aromatic rings. The first kappa shape index (κ1) is 18.9. The Balaban J connectivity index is 2.13. The summed E-state index contributed by atoms with van der Waals surface area (Å²) in [5.74, 6) is 0.780. The molecule has 5 nitrogen and oxygen atoms in total. The smallest absolute Gasteiger partial charge is 0.267 e. The number of nitrogens with zero attached hydrogens (tertiary/aromatic N) is 3. The van der Waals surface area contributed by atoms with Gasteiger partial charge in [0.15, 0.2) is 0 Å². The van der Waals surface area contributed by atoms with Crippen molar-refractivity contribution in [3.05, 3.63) is 70.5 Å². The number of hydrogen-bond donors (Lipinski definition) is 0. The number of rotatable bonds is 6. The minimum Gasteiger partial charge on any atom is -0.497 e. The van der Waals surface area contributed by atoms with E-state index in [0.717, 1.165) is 34.7 Å². The lowest BCUT2D eigenvalue weighted by atomic mass is 9.99. The van der Waals surface area contributed by atoms with E-state index in [-0.39, 0.29) is 5.56 Å². The Morgan fingerprint density at radius 2 is 1.63 bits per heavy atom. The highest BCUT2D eigenvalue weighted by Crippen LogP contribution is 2.30. The summed E-state index contributed by atoms with van der Waals surface area (Å²) in [5.41, 5.74) is 4.65. The normalized spacial score (nSPS) is 11.0. The van der Waals surface area contributed by atoms with Gasteiger partial charge >= 0.3 is 0 Å². The number of ether oxygens (including phenoxy) is 1. The first-order valence-corrected chi connectivity index (χ1v) is 8.96. The molecule has 5 heteroatoms. The average Bonchev–Trinajstić information content (AvgIpc) is 2.67. The molecule has 0 spiro atoms. The monoisotopic (exact) mass is 363 g/mol. The van der Waals surface area contributed by atoms with E-state index in [1.54, 1.807) is 17.9 Å². The van der Waals surface area contributed by atoms with E-state index in [1.807, 2.05) is 55.4 Å². The van der Waals surface area contributed by atoms with Crippen molar-refractivity contribution in [2.75, 3.05) is 27.7 Å². The zero-order valence-corrected chi connectivity index (χ0v) is 16.3. The first-order valence-electron chi connectivity index (χ1n) is 8.96. The molecule has 0 N–H and O–H groups in total. The van der Waals surface area contributed by atoms with Crippen molar-refractivity contribution < 1.29 is 4.74 Å². The Hall–Kier alpha value is -2.92. The Bertz CT molecular complexity index is 958. The molecular weight excluding hydrogens is 338 g/mol. The summed E-state index contributed by atoms with van der Waals surface area (Å²) in [4.78, 5) is 14.7. The molecule has 27 heavy (non-hydrogen) atoms. The largest absolute Gasteiger partial charge is 0.497 e. The van der Waals surface area contributed by atoms with Crippen molar-refractivity contribution in [3.63, 3.8) is 0 Å². The minimum absolute atomic E-state index is 0.0986. The van der Waals surface area contributed by atoms with Crippen molar-refractivity contribution in [2.24, 2.45) is 0 Å². The van der Waals surface area contributed by atoms with Crippen molar-refractivity contribution in [3.8, 4) is 28.1 Å². The summed E-state index contributed by atoms with van der Waals surface area (Å²) in [6.45, 7) is 3.36. The fraction of sp³-hybridized carbons (Fsp3) is 0.273. The molecule has 1 aromatic heterocycles. The summed E-state index contributed by atoms with van der Waals surface area (Å²) >= 11 is 0. The maximum absolute atomic E-state index is 12.6. The van der Waals surface area contributed by atoms with Crippen molar-refractivity contribution in [1.29, 1.82) is 0 Å². The van der Waals surface area contributed by atoms with E-state index in [4.69, 9.17) is 9.84 Å². The highest BCUT2D eigenvalue weighted by molar-refractivity contribution is 5.80. The Labute approximate surface area is 159 Å². The predicted molar refractivity (Wildman–Crippen MR) is 109 cm³/mol. The van der Waals surface area contributed by atoms with E-state index in [0.29, 0.717) is 6.54 Å². The van der Waals surface area contributed by atoms with Crippen LogP contribution < -0.4 is 10.3 Å². The summed E-state index contributed by atoms with van der Waals surface area (Å²) in [6, 6.07) is 17.6. The van der Waals surface area contributed by atoms with Crippen LogP contribution in [0.15, 0.2) is 59.4 Å². The molecule has 0 aliphatic rings. The van der Waals surface area contributed by atoms with Crippen LogP contribution in [-0.2, 0) is 6.54 Å². The van der Waals surface area contributed by atoms with Gasteiger partial charge in [-0.3, -0.25) is 4.79 Å². The predicted octanol–water partition coefficient (Wildman–Crippen LogP) is 3.46. The van der Waals surface area contributed by atoms with Crippen LogP contribution in [0.4, 0.5) is 0 Å². The highest BCUT2D eigenvalue weighted by atomic mass is 16.5. The molecule has 2 aromatic carbocycles. The number of methoxy groups -OCH3 is 1. The van der Waals surface area contributed by atoms with E-state index in [9.17, 15) is 4.79 Å². The number of hydrogen-bond acceptors (Lipinski definition) is 4. The van der Waals surface area contributed by atoms with Gasteiger partial charge in [0.2, 0.25) is 0 Å². The zero-order chi connectivity index (χ0) is 19.4. The highest BCUT2D eigenvalue weighted by Gasteiger charge is 2.13. The molecule has 140 valence electrons. The summed E-state index contributed by atoms with van der Waals surface area (Å²) in [6.07, 6.45) is 0. The molecule has 0 unspecified atom stereocenters. The van der Waals surface area contributed by atoms with Gasteiger partial charge in [-0.25, -0.2) is 4.68 Å².